The van der Waals surface area contributed by atoms with Crippen LogP contribution >= 0.6 is 11.3 Å². The zero-order valence-corrected chi connectivity index (χ0v) is 26.4. The van der Waals surface area contributed by atoms with E-state index in [9.17, 15) is 9.59 Å². The van der Waals surface area contributed by atoms with E-state index in [1.807, 2.05) is 14.1 Å². The van der Waals surface area contributed by atoms with Crippen LogP contribution in [0.1, 0.15) is 61.1 Å². The first kappa shape index (κ1) is 28.6. The number of nitrogens with one attached hydrogen (secondary N) is 2. The largest absolute Gasteiger partial charge is 0.349 e. The van der Waals surface area contributed by atoms with Crippen molar-refractivity contribution in [3.63, 3.8) is 0 Å². The number of nitrogens with zero attached hydrogens (tertiary/aromatic N) is 2. The molecule has 0 spiro atoms. The number of hydrogen-bond acceptors (Lipinski definition) is 5. The van der Waals surface area contributed by atoms with Crippen LogP contribution in [0.15, 0.2) is 24.3 Å². The van der Waals surface area contributed by atoms with Gasteiger partial charge in [-0.25, -0.2) is 0 Å². The minimum atomic E-state index is -0.500. The summed E-state index contributed by atoms with van der Waals surface area (Å²) in [7, 11) is 3.72. The molecule has 4 heterocycles. The number of carbonyl (C=O) groups is 2. The Hall–Kier alpha value is -2.48. The number of carbonyl (C=O) groups excluding carboxylic acids is 2. The van der Waals surface area contributed by atoms with Crippen molar-refractivity contribution in [2.24, 2.45) is 17.8 Å². The number of amides is 1. The Kier molecular flexibility index (Phi) is 7.66. The molecule has 0 radical (unpaired) electrons. The van der Waals surface area contributed by atoms with Gasteiger partial charge in [-0.3, -0.25) is 9.59 Å². The average molecular weight is 575 g/mol. The van der Waals surface area contributed by atoms with Crippen LogP contribution in [-0.4, -0.2) is 72.8 Å². The van der Waals surface area contributed by atoms with Crippen molar-refractivity contribution in [2.45, 2.75) is 71.3 Å². The molecule has 3 atom stereocenters. The molecule has 2 bridgehead atoms. The summed E-state index contributed by atoms with van der Waals surface area (Å²) in [5.41, 5.74) is 5.84. The van der Waals surface area contributed by atoms with E-state index >= 15 is 0 Å². The van der Waals surface area contributed by atoms with Gasteiger partial charge in [0.1, 0.15) is 10.6 Å². The van der Waals surface area contributed by atoms with E-state index in [4.69, 9.17) is 0 Å². The van der Waals surface area contributed by atoms with Crippen LogP contribution in [0.2, 0.25) is 0 Å². The van der Waals surface area contributed by atoms with Crippen LogP contribution in [0.5, 0.6) is 0 Å². The van der Waals surface area contributed by atoms with E-state index in [0.717, 1.165) is 51.9 Å². The zero-order chi connectivity index (χ0) is 29.1. The maximum absolute atomic E-state index is 13.9. The summed E-state index contributed by atoms with van der Waals surface area (Å²) in [4.78, 5) is 36.8. The monoisotopic (exact) mass is 574 g/mol. The van der Waals surface area contributed by atoms with E-state index in [0.29, 0.717) is 17.7 Å². The number of fused-ring (bicyclic) bond motifs is 3. The first-order valence-corrected chi connectivity index (χ1v) is 16.3. The predicted molar refractivity (Wildman–Crippen MR) is 169 cm³/mol. The smallest absolute Gasteiger partial charge is 0.225 e. The molecule has 2 N–H and O–H groups in total. The van der Waals surface area contributed by atoms with Gasteiger partial charge in [0.05, 0.1) is 11.1 Å². The van der Waals surface area contributed by atoms with Crippen molar-refractivity contribution < 1.29 is 9.59 Å². The Morgan fingerprint density at radius 1 is 1.02 bits per heavy atom. The molecule has 6 rings (SSSR count). The fourth-order valence-electron chi connectivity index (χ4n) is 7.78. The maximum atomic E-state index is 13.9. The molecule has 2 aromatic heterocycles. The van der Waals surface area contributed by atoms with Crippen LogP contribution in [-0.2, 0) is 21.4 Å². The van der Waals surface area contributed by atoms with Gasteiger partial charge in [-0.1, -0.05) is 17.2 Å². The molecule has 220 valence electrons. The minimum Gasteiger partial charge on any atom is -0.349 e. The van der Waals surface area contributed by atoms with E-state index in [2.05, 4.69) is 67.2 Å². The number of rotatable bonds is 8. The lowest BCUT2D eigenvalue weighted by Gasteiger charge is -2.32. The number of aryl methyl sites for hydroxylation is 2. The van der Waals surface area contributed by atoms with Gasteiger partial charge in [0.25, 0.3) is 0 Å². The average Bonchev–Trinajstić information content (AvgIpc) is 3.71. The lowest BCUT2D eigenvalue weighted by molar-refractivity contribution is -0.134. The molecule has 2 aliphatic heterocycles. The molecule has 3 fully saturated rings. The first-order chi connectivity index (χ1) is 19.5. The van der Waals surface area contributed by atoms with E-state index in [1.165, 1.54) is 49.5 Å². The van der Waals surface area contributed by atoms with Crippen molar-refractivity contribution >= 4 is 33.2 Å². The number of likely N-dealkylation sites (tertiary alicyclic amines) is 1. The number of piperidine rings is 2. The SMILES string of the molecule is Cc1cc(C)cc(-c2[nH]c3sc(C(C)(C)C(=O)C4C5CCC4NC5)cc3c2CCN2CCC(C(=O)N(C)C)CC2)c1. The van der Waals surface area contributed by atoms with Crippen molar-refractivity contribution in [3.8, 4) is 11.3 Å². The van der Waals surface area contributed by atoms with E-state index < -0.39 is 5.41 Å². The number of thiophene rings is 1. The second-order valence-electron chi connectivity index (χ2n) is 13.7. The van der Waals surface area contributed by atoms with Gasteiger partial charge in [0.2, 0.25) is 5.91 Å². The zero-order valence-electron chi connectivity index (χ0n) is 25.6. The molecule has 41 heavy (non-hydrogen) atoms. The summed E-state index contributed by atoms with van der Waals surface area (Å²) in [5.74, 6) is 1.47. The van der Waals surface area contributed by atoms with Crippen LogP contribution in [0.3, 0.4) is 0 Å². The summed E-state index contributed by atoms with van der Waals surface area (Å²) in [6, 6.07) is 9.47. The highest BCUT2D eigenvalue weighted by molar-refractivity contribution is 7.19. The Morgan fingerprint density at radius 3 is 2.32 bits per heavy atom. The highest BCUT2D eigenvalue weighted by Crippen LogP contribution is 2.45. The Bertz CT molecular complexity index is 1420. The summed E-state index contributed by atoms with van der Waals surface area (Å²) in [6.45, 7) is 12.5. The Balaban J connectivity index is 1.28. The molecule has 7 heteroatoms. The molecule has 3 unspecified atom stereocenters. The third-order valence-corrected chi connectivity index (χ3v) is 11.5. The number of ketones is 1. The third kappa shape index (κ3) is 5.30. The molecule has 3 aliphatic rings. The quantitative estimate of drug-likeness (QED) is 0.362. The van der Waals surface area contributed by atoms with Crippen molar-refractivity contribution in [2.75, 3.05) is 40.3 Å². The van der Waals surface area contributed by atoms with Gasteiger partial charge in [0.15, 0.2) is 0 Å². The Morgan fingerprint density at radius 2 is 1.73 bits per heavy atom. The van der Waals surface area contributed by atoms with Crippen LogP contribution in [0, 0.1) is 31.6 Å². The van der Waals surface area contributed by atoms with Gasteiger partial charge in [0, 0.05) is 48.8 Å². The van der Waals surface area contributed by atoms with E-state index in [-0.39, 0.29) is 17.7 Å². The highest BCUT2D eigenvalue weighted by Gasteiger charge is 2.50. The number of Topliss-reactive ketones (excluding diaryl/α,β-unsaturated/α-hetero) is 1. The van der Waals surface area contributed by atoms with Crippen molar-refractivity contribution in [1.82, 2.24) is 20.1 Å². The van der Waals surface area contributed by atoms with Gasteiger partial charge in [-0.05, 0) is 115 Å². The van der Waals surface area contributed by atoms with E-state index in [1.54, 1.807) is 16.2 Å². The fourth-order valence-corrected chi connectivity index (χ4v) is 8.98. The number of benzene rings is 1. The maximum Gasteiger partial charge on any atom is 0.225 e. The number of aromatic nitrogens is 1. The number of hydrogen-bond donors (Lipinski definition) is 2. The molecule has 6 nitrogen and oxygen atoms in total. The number of aromatic amines is 1. The second kappa shape index (κ2) is 11.0. The summed E-state index contributed by atoms with van der Waals surface area (Å²) < 4.78 is 0. The number of H-pyrrole nitrogens is 1. The highest BCUT2D eigenvalue weighted by atomic mass is 32.1. The first-order valence-electron chi connectivity index (χ1n) is 15.5. The van der Waals surface area contributed by atoms with Crippen molar-refractivity contribution in [3.05, 3.63) is 45.8 Å². The Labute approximate surface area is 248 Å². The normalized spacial score (nSPS) is 23.5. The molecular formula is C34H46N4O2S. The lowest BCUT2D eigenvalue weighted by Crippen LogP contribution is -2.40. The summed E-state index contributed by atoms with van der Waals surface area (Å²) in [5, 5.41) is 4.86. The third-order valence-electron chi connectivity index (χ3n) is 10.1. The lowest BCUT2D eigenvalue weighted by atomic mass is 9.76. The molecule has 1 amide bonds. The van der Waals surface area contributed by atoms with Crippen LogP contribution < -0.4 is 5.32 Å². The van der Waals surface area contributed by atoms with Crippen LogP contribution in [0.25, 0.3) is 21.5 Å². The minimum absolute atomic E-state index is 0.149. The molecule has 1 aromatic carbocycles. The molecule has 1 aliphatic carbocycles. The molecule has 3 aromatic rings. The van der Waals surface area contributed by atoms with Gasteiger partial charge < -0.3 is 20.1 Å². The predicted octanol–water partition coefficient (Wildman–Crippen LogP) is 5.70. The van der Waals surface area contributed by atoms with Gasteiger partial charge >= 0.3 is 0 Å². The molecular weight excluding hydrogens is 528 g/mol. The van der Waals surface area contributed by atoms with Crippen molar-refractivity contribution in [1.29, 1.82) is 0 Å². The fraction of sp³-hybridized carbons (Fsp3) is 0.588. The second-order valence-corrected chi connectivity index (χ2v) is 14.7. The summed E-state index contributed by atoms with van der Waals surface area (Å²) in [6.07, 6.45) is 5.11. The summed E-state index contributed by atoms with van der Waals surface area (Å²) >= 11 is 1.77. The molecule has 2 saturated heterocycles. The van der Waals surface area contributed by atoms with Crippen LogP contribution in [0.4, 0.5) is 0 Å². The molecule has 1 saturated carbocycles. The van der Waals surface area contributed by atoms with Gasteiger partial charge in [-0.2, -0.15) is 0 Å². The topological polar surface area (TPSA) is 68.4 Å². The standard InChI is InChI=1S/C34H46N4O2S/c1-20-15-21(2)17-24(16-20)30-25(11-14-38-12-9-22(10-13-38)33(40)37(5)6)26-18-28(41-32(26)36-30)34(3,4)31(39)29-23-7-8-27(29)35-19-23/h15-18,22-23,27,29,35-36H,7-14,19H2,1-6H3. The van der Waals surface area contributed by atoms with Gasteiger partial charge in [-0.15, -0.1) is 11.3 Å².